The second-order valence-corrected chi connectivity index (χ2v) is 5.98. The molecule has 0 saturated heterocycles. The largest absolute Gasteiger partial charge is 0.491 e. The van der Waals surface area contributed by atoms with Gasteiger partial charge in [0, 0.05) is 19.3 Å². The van der Waals surface area contributed by atoms with Crippen LogP contribution in [0.5, 0.6) is 5.75 Å². The first-order valence-corrected chi connectivity index (χ1v) is 7.83. The summed E-state index contributed by atoms with van der Waals surface area (Å²) < 4.78 is 10.5. The molecule has 0 atom stereocenters. The number of amides is 2. The zero-order valence-corrected chi connectivity index (χ0v) is 13.8. The predicted octanol–water partition coefficient (Wildman–Crippen LogP) is 1.96. The van der Waals surface area contributed by atoms with Crippen LogP contribution in [0.15, 0.2) is 24.3 Å². The molecule has 2 rings (SSSR count). The number of hydrogen-bond donors (Lipinski definition) is 2. The molecule has 1 saturated carbocycles. The number of nitrogens with one attached hydrogen (secondary N) is 2. The highest BCUT2D eigenvalue weighted by Crippen LogP contribution is 2.46. The van der Waals surface area contributed by atoms with Crippen molar-refractivity contribution < 1.29 is 19.1 Å². The van der Waals surface area contributed by atoms with Gasteiger partial charge < -0.3 is 20.1 Å². The summed E-state index contributed by atoms with van der Waals surface area (Å²) in [5.41, 5.74) is -0.275. The lowest BCUT2D eigenvalue weighted by Gasteiger charge is -2.16. The second kappa shape index (κ2) is 7.46. The van der Waals surface area contributed by atoms with Crippen molar-refractivity contribution >= 4 is 17.5 Å². The van der Waals surface area contributed by atoms with E-state index in [0.29, 0.717) is 31.7 Å². The van der Waals surface area contributed by atoms with Crippen LogP contribution in [0.25, 0.3) is 0 Å². The molecular formula is C17H24N2O4. The maximum absolute atomic E-state index is 12.4. The van der Waals surface area contributed by atoms with Crippen molar-refractivity contribution in [2.75, 3.05) is 25.6 Å². The van der Waals surface area contributed by atoms with Gasteiger partial charge in [0.2, 0.25) is 11.8 Å². The molecule has 0 radical (unpaired) electrons. The van der Waals surface area contributed by atoms with E-state index in [0.717, 1.165) is 5.75 Å². The summed E-state index contributed by atoms with van der Waals surface area (Å²) in [5.74, 6) is 0.258. The first-order chi connectivity index (χ1) is 11.0. The summed E-state index contributed by atoms with van der Waals surface area (Å²) in [7, 11) is 1.57. The first-order valence-electron chi connectivity index (χ1n) is 7.83. The van der Waals surface area contributed by atoms with Crippen molar-refractivity contribution in [2.45, 2.75) is 32.8 Å². The molecule has 1 fully saturated rings. The van der Waals surface area contributed by atoms with E-state index in [2.05, 4.69) is 10.6 Å². The van der Waals surface area contributed by atoms with Gasteiger partial charge in [-0.1, -0.05) is 0 Å². The van der Waals surface area contributed by atoms with Gasteiger partial charge in [-0.15, -0.1) is 0 Å². The maximum Gasteiger partial charge on any atom is 0.240 e. The van der Waals surface area contributed by atoms with E-state index >= 15 is 0 Å². The normalized spacial score (nSPS) is 15.1. The monoisotopic (exact) mass is 320 g/mol. The molecule has 6 heteroatoms. The van der Waals surface area contributed by atoms with Gasteiger partial charge >= 0.3 is 0 Å². The van der Waals surface area contributed by atoms with Crippen molar-refractivity contribution in [3.8, 4) is 5.75 Å². The quantitative estimate of drug-likeness (QED) is 0.567. The molecule has 0 aliphatic heterocycles. The predicted molar refractivity (Wildman–Crippen MR) is 87.4 cm³/mol. The fraction of sp³-hybridized carbons (Fsp3) is 0.529. The number of benzene rings is 1. The van der Waals surface area contributed by atoms with E-state index in [9.17, 15) is 9.59 Å². The van der Waals surface area contributed by atoms with Gasteiger partial charge in [-0.05, 0) is 51.0 Å². The molecule has 23 heavy (non-hydrogen) atoms. The molecule has 2 amide bonds. The molecular weight excluding hydrogens is 296 g/mol. The Morgan fingerprint density at radius 2 is 1.83 bits per heavy atom. The van der Waals surface area contributed by atoms with E-state index in [-0.39, 0.29) is 17.9 Å². The molecule has 2 N–H and O–H groups in total. The standard InChI is InChI=1S/C17H24N2O4/c1-12(2)23-14-6-4-13(5-7-14)19-16(21)17(8-9-17)15(20)18-10-11-22-3/h4-7,12H,8-11H2,1-3H3,(H,18,20)(H,19,21). The number of methoxy groups -OCH3 is 1. The molecule has 1 aromatic rings. The Morgan fingerprint density at radius 1 is 1.17 bits per heavy atom. The van der Waals surface area contributed by atoms with E-state index in [1.807, 2.05) is 13.8 Å². The van der Waals surface area contributed by atoms with Crippen LogP contribution < -0.4 is 15.4 Å². The van der Waals surface area contributed by atoms with Gasteiger partial charge in [0.1, 0.15) is 11.2 Å². The maximum atomic E-state index is 12.4. The SMILES string of the molecule is COCCNC(=O)C1(C(=O)Nc2ccc(OC(C)C)cc2)CC1. The topological polar surface area (TPSA) is 76.7 Å². The van der Waals surface area contributed by atoms with Gasteiger partial charge in [-0.3, -0.25) is 9.59 Å². The van der Waals surface area contributed by atoms with Gasteiger partial charge in [-0.2, -0.15) is 0 Å². The van der Waals surface area contributed by atoms with Crippen LogP contribution in [0.4, 0.5) is 5.69 Å². The number of ether oxygens (including phenoxy) is 2. The number of anilines is 1. The minimum absolute atomic E-state index is 0.0981. The van der Waals surface area contributed by atoms with Crippen LogP contribution in [-0.4, -0.2) is 38.2 Å². The van der Waals surface area contributed by atoms with E-state index < -0.39 is 5.41 Å². The fourth-order valence-electron chi connectivity index (χ4n) is 2.26. The number of carbonyl (C=O) groups is 2. The summed E-state index contributed by atoms with van der Waals surface area (Å²) >= 11 is 0. The second-order valence-electron chi connectivity index (χ2n) is 5.98. The van der Waals surface area contributed by atoms with Crippen molar-refractivity contribution in [1.29, 1.82) is 0 Å². The average molecular weight is 320 g/mol. The molecule has 6 nitrogen and oxygen atoms in total. The first kappa shape index (κ1) is 17.3. The van der Waals surface area contributed by atoms with Crippen LogP contribution in [0, 0.1) is 5.41 Å². The third kappa shape index (κ3) is 4.45. The lowest BCUT2D eigenvalue weighted by molar-refractivity contribution is -0.134. The van der Waals surface area contributed by atoms with Gasteiger partial charge in [0.25, 0.3) is 0 Å². The number of hydrogen-bond acceptors (Lipinski definition) is 4. The Balaban J connectivity index is 1.92. The van der Waals surface area contributed by atoms with E-state index in [1.165, 1.54) is 0 Å². The third-order valence-electron chi connectivity index (χ3n) is 3.70. The third-order valence-corrected chi connectivity index (χ3v) is 3.70. The van der Waals surface area contributed by atoms with Crippen molar-refractivity contribution in [1.82, 2.24) is 5.32 Å². The Kier molecular flexibility index (Phi) is 5.60. The molecule has 0 bridgehead atoms. The van der Waals surface area contributed by atoms with Crippen molar-refractivity contribution in [3.63, 3.8) is 0 Å². The molecule has 0 spiro atoms. The highest BCUT2D eigenvalue weighted by molar-refractivity contribution is 6.13. The molecule has 1 aliphatic carbocycles. The molecule has 1 aliphatic rings. The fourth-order valence-corrected chi connectivity index (χ4v) is 2.26. The van der Waals surface area contributed by atoms with Crippen LogP contribution in [0.1, 0.15) is 26.7 Å². The smallest absolute Gasteiger partial charge is 0.240 e. The Morgan fingerprint density at radius 3 is 2.35 bits per heavy atom. The molecule has 126 valence electrons. The van der Waals surface area contributed by atoms with E-state index in [1.54, 1.807) is 31.4 Å². The van der Waals surface area contributed by atoms with Crippen molar-refractivity contribution in [3.05, 3.63) is 24.3 Å². The zero-order chi connectivity index (χ0) is 16.9. The molecule has 0 unspecified atom stereocenters. The Bertz CT molecular complexity index is 550. The molecule has 0 heterocycles. The van der Waals surface area contributed by atoms with Gasteiger partial charge in [0.15, 0.2) is 0 Å². The molecule has 0 aromatic heterocycles. The average Bonchev–Trinajstić information content (AvgIpc) is 3.30. The van der Waals surface area contributed by atoms with E-state index in [4.69, 9.17) is 9.47 Å². The van der Waals surface area contributed by atoms with Crippen LogP contribution >= 0.6 is 0 Å². The summed E-state index contributed by atoms with van der Waals surface area (Å²) in [5, 5.41) is 5.55. The van der Waals surface area contributed by atoms with Crippen LogP contribution in [0.2, 0.25) is 0 Å². The highest BCUT2D eigenvalue weighted by Gasteiger charge is 2.56. The summed E-state index contributed by atoms with van der Waals surface area (Å²) in [6.45, 7) is 4.75. The zero-order valence-electron chi connectivity index (χ0n) is 13.8. The van der Waals surface area contributed by atoms with Gasteiger partial charge in [-0.25, -0.2) is 0 Å². The van der Waals surface area contributed by atoms with Gasteiger partial charge in [0.05, 0.1) is 12.7 Å². The number of rotatable bonds is 8. The minimum atomic E-state index is -0.930. The molecule has 1 aromatic carbocycles. The summed E-state index contributed by atoms with van der Waals surface area (Å²) in [6.07, 6.45) is 1.25. The lowest BCUT2D eigenvalue weighted by Crippen LogP contribution is -2.41. The summed E-state index contributed by atoms with van der Waals surface area (Å²) in [6, 6.07) is 7.14. The number of carbonyl (C=O) groups excluding carboxylic acids is 2. The minimum Gasteiger partial charge on any atom is -0.491 e. The Hall–Kier alpha value is -2.08. The van der Waals surface area contributed by atoms with Crippen LogP contribution in [-0.2, 0) is 14.3 Å². The lowest BCUT2D eigenvalue weighted by atomic mass is 10.1. The highest BCUT2D eigenvalue weighted by atomic mass is 16.5. The Labute approximate surface area is 136 Å². The summed E-state index contributed by atoms with van der Waals surface area (Å²) in [4.78, 5) is 24.6. The van der Waals surface area contributed by atoms with Crippen LogP contribution in [0.3, 0.4) is 0 Å². The van der Waals surface area contributed by atoms with Crippen molar-refractivity contribution in [2.24, 2.45) is 5.41 Å².